The molecule has 0 aromatic heterocycles. The van der Waals surface area contributed by atoms with Crippen molar-refractivity contribution in [2.75, 3.05) is 19.6 Å². The molecule has 2 amide bonds. The summed E-state index contributed by atoms with van der Waals surface area (Å²) >= 11 is 0. The highest BCUT2D eigenvalue weighted by molar-refractivity contribution is 6.62. The van der Waals surface area contributed by atoms with Gasteiger partial charge < -0.3 is 23.8 Å². The van der Waals surface area contributed by atoms with Gasteiger partial charge in [0.15, 0.2) is 0 Å². The first kappa shape index (κ1) is 24.6. The zero-order valence-corrected chi connectivity index (χ0v) is 20.9. The van der Waals surface area contributed by atoms with Crippen molar-refractivity contribution in [3.63, 3.8) is 0 Å². The molecule has 0 unspecified atom stereocenters. The first-order valence-electron chi connectivity index (χ1n) is 11.4. The summed E-state index contributed by atoms with van der Waals surface area (Å²) in [6.45, 7) is 18.9. The Morgan fingerprint density at radius 3 is 2.19 bits per heavy atom. The number of hydrogen-bond acceptors (Lipinski definition) is 5. The lowest BCUT2D eigenvalue weighted by Gasteiger charge is -2.40. The highest BCUT2D eigenvalue weighted by Crippen LogP contribution is 2.36. The summed E-state index contributed by atoms with van der Waals surface area (Å²) in [5.41, 5.74) is 1.07. The monoisotopic (exact) mass is 444 g/mol. The van der Waals surface area contributed by atoms with Crippen LogP contribution in [0.3, 0.4) is 0 Å². The molecule has 2 saturated heterocycles. The second-order valence-corrected chi connectivity index (χ2v) is 10.9. The number of piperazine rings is 1. The fourth-order valence-electron chi connectivity index (χ4n) is 3.96. The van der Waals surface area contributed by atoms with Gasteiger partial charge in [0.05, 0.1) is 11.2 Å². The molecule has 1 aromatic carbocycles. The van der Waals surface area contributed by atoms with E-state index in [1.165, 1.54) is 0 Å². The summed E-state index contributed by atoms with van der Waals surface area (Å²) in [5.74, 6) is -0.0290. The fraction of sp³-hybridized carbons (Fsp3) is 0.667. The largest absolute Gasteiger partial charge is 0.494 e. The number of benzene rings is 1. The molecule has 2 aliphatic rings. The summed E-state index contributed by atoms with van der Waals surface area (Å²) in [6.07, 6.45) is -0.333. The van der Waals surface area contributed by atoms with Crippen LogP contribution in [0.5, 0.6) is 0 Å². The predicted octanol–water partition coefficient (Wildman–Crippen LogP) is 3.38. The number of hydrogen-bond donors (Lipinski definition) is 0. The predicted molar refractivity (Wildman–Crippen MR) is 125 cm³/mol. The number of carbonyl (C=O) groups excluding carboxylic acids is 2. The zero-order valence-electron chi connectivity index (χ0n) is 20.9. The van der Waals surface area contributed by atoms with Crippen LogP contribution in [0.2, 0.25) is 0 Å². The van der Waals surface area contributed by atoms with E-state index in [9.17, 15) is 9.59 Å². The molecule has 2 fully saturated rings. The van der Waals surface area contributed by atoms with Gasteiger partial charge in [-0.2, -0.15) is 0 Å². The maximum atomic E-state index is 13.2. The van der Waals surface area contributed by atoms with Crippen molar-refractivity contribution in [3.8, 4) is 0 Å². The molecular formula is C24H37BN2O5. The Morgan fingerprint density at radius 2 is 1.69 bits per heavy atom. The quantitative estimate of drug-likeness (QED) is 0.655. The average Bonchev–Trinajstić information content (AvgIpc) is 2.87. The number of ether oxygens (including phenoxy) is 1. The van der Waals surface area contributed by atoms with Crippen LogP contribution in [0, 0.1) is 6.92 Å². The van der Waals surface area contributed by atoms with Crippen LogP contribution in [-0.4, -0.2) is 71.4 Å². The molecule has 0 bridgehead atoms. The molecule has 2 aliphatic heterocycles. The van der Waals surface area contributed by atoms with Gasteiger partial charge in [-0.05, 0) is 79.4 Å². The molecule has 0 N–H and O–H groups in total. The third-order valence-corrected chi connectivity index (χ3v) is 6.55. The SMILES string of the molecule is Cc1cc(B2OC(C)(C)C(C)(C)O2)ccc1C(=O)N1CCN(C(=O)OC(C)(C)C)[C@@H](C)C1. The lowest BCUT2D eigenvalue weighted by molar-refractivity contribution is 0.00197. The number of rotatable bonds is 2. The Hall–Kier alpha value is -2.06. The summed E-state index contributed by atoms with van der Waals surface area (Å²) < 4.78 is 17.8. The van der Waals surface area contributed by atoms with Crippen LogP contribution in [0.1, 0.15) is 71.3 Å². The number of aryl methyl sites for hydroxylation is 1. The Kier molecular flexibility index (Phi) is 6.44. The Morgan fingerprint density at radius 1 is 1.09 bits per heavy atom. The molecule has 1 atom stereocenters. The van der Waals surface area contributed by atoms with E-state index in [-0.39, 0.29) is 18.0 Å². The van der Waals surface area contributed by atoms with Gasteiger partial charge >= 0.3 is 13.2 Å². The second-order valence-electron chi connectivity index (χ2n) is 10.9. The summed E-state index contributed by atoms with van der Waals surface area (Å²) in [6, 6.07) is 5.61. The van der Waals surface area contributed by atoms with E-state index in [1.54, 1.807) is 4.90 Å². The molecule has 1 aromatic rings. The third kappa shape index (κ3) is 4.96. The van der Waals surface area contributed by atoms with E-state index in [1.807, 2.05) is 85.4 Å². The van der Waals surface area contributed by atoms with Gasteiger partial charge in [0.25, 0.3) is 5.91 Å². The van der Waals surface area contributed by atoms with E-state index in [2.05, 4.69) is 0 Å². The van der Waals surface area contributed by atoms with Crippen molar-refractivity contribution in [3.05, 3.63) is 29.3 Å². The van der Waals surface area contributed by atoms with Gasteiger partial charge in [0.1, 0.15) is 5.60 Å². The topological polar surface area (TPSA) is 68.3 Å². The van der Waals surface area contributed by atoms with Crippen LogP contribution >= 0.6 is 0 Å². The van der Waals surface area contributed by atoms with Crippen molar-refractivity contribution in [1.29, 1.82) is 0 Å². The maximum Gasteiger partial charge on any atom is 0.494 e. The lowest BCUT2D eigenvalue weighted by atomic mass is 9.77. The van der Waals surface area contributed by atoms with Gasteiger partial charge in [0.2, 0.25) is 0 Å². The van der Waals surface area contributed by atoms with Gasteiger partial charge in [-0.25, -0.2) is 4.79 Å². The first-order chi connectivity index (χ1) is 14.6. The molecule has 8 heteroatoms. The van der Waals surface area contributed by atoms with Gasteiger partial charge in [-0.15, -0.1) is 0 Å². The van der Waals surface area contributed by atoms with Gasteiger partial charge in [0, 0.05) is 31.2 Å². The highest BCUT2D eigenvalue weighted by atomic mass is 16.7. The molecule has 0 radical (unpaired) electrons. The molecule has 2 heterocycles. The standard InChI is InChI=1S/C24H37BN2O5/c1-16-14-18(25-31-23(6,7)24(8,9)32-25)10-11-19(16)20(28)26-12-13-27(17(2)15-26)21(29)30-22(3,4)5/h10-11,14,17H,12-13,15H2,1-9H3/t17-/m0/s1. The van der Waals surface area contributed by atoms with Crippen LogP contribution in [0.4, 0.5) is 4.79 Å². The van der Waals surface area contributed by atoms with E-state index in [0.717, 1.165) is 11.0 Å². The van der Waals surface area contributed by atoms with Crippen LogP contribution in [0.15, 0.2) is 18.2 Å². The first-order valence-corrected chi connectivity index (χ1v) is 11.4. The maximum absolute atomic E-state index is 13.2. The van der Waals surface area contributed by atoms with E-state index in [0.29, 0.717) is 25.2 Å². The molecule has 32 heavy (non-hydrogen) atoms. The minimum Gasteiger partial charge on any atom is -0.444 e. The Bertz CT molecular complexity index is 877. The van der Waals surface area contributed by atoms with Crippen molar-refractivity contribution in [2.24, 2.45) is 0 Å². The molecule has 7 nitrogen and oxygen atoms in total. The molecule has 0 spiro atoms. The summed E-state index contributed by atoms with van der Waals surface area (Å²) in [5, 5.41) is 0. The van der Waals surface area contributed by atoms with Crippen molar-refractivity contribution >= 4 is 24.6 Å². The van der Waals surface area contributed by atoms with Gasteiger partial charge in [-0.3, -0.25) is 4.79 Å². The zero-order chi connectivity index (χ0) is 24.1. The molecular weight excluding hydrogens is 407 g/mol. The van der Waals surface area contributed by atoms with E-state index < -0.39 is 23.9 Å². The third-order valence-electron chi connectivity index (χ3n) is 6.55. The Labute approximate surface area is 192 Å². The number of nitrogens with zero attached hydrogens (tertiary/aromatic N) is 2. The molecule has 0 aliphatic carbocycles. The molecule has 3 rings (SSSR count). The second kappa shape index (κ2) is 8.38. The molecule has 176 valence electrons. The van der Waals surface area contributed by atoms with Crippen molar-refractivity contribution < 1.29 is 23.6 Å². The van der Waals surface area contributed by atoms with E-state index in [4.69, 9.17) is 14.0 Å². The van der Waals surface area contributed by atoms with Crippen molar-refractivity contribution in [2.45, 2.75) is 85.2 Å². The van der Waals surface area contributed by atoms with Crippen LogP contribution < -0.4 is 5.46 Å². The highest BCUT2D eigenvalue weighted by Gasteiger charge is 2.51. The summed E-state index contributed by atoms with van der Waals surface area (Å²) in [7, 11) is -0.458. The minimum atomic E-state index is -0.542. The fourth-order valence-corrected chi connectivity index (χ4v) is 3.96. The Balaban J connectivity index is 1.68. The van der Waals surface area contributed by atoms with Gasteiger partial charge in [-0.1, -0.05) is 12.1 Å². The van der Waals surface area contributed by atoms with Crippen LogP contribution in [-0.2, 0) is 14.0 Å². The van der Waals surface area contributed by atoms with Crippen LogP contribution in [0.25, 0.3) is 0 Å². The molecule has 0 saturated carbocycles. The minimum absolute atomic E-state index is 0.0290. The average molecular weight is 444 g/mol. The number of carbonyl (C=O) groups is 2. The normalized spacial score (nSPS) is 22.8. The van der Waals surface area contributed by atoms with Crippen molar-refractivity contribution in [1.82, 2.24) is 9.80 Å². The lowest BCUT2D eigenvalue weighted by Crippen LogP contribution is -2.56. The number of amides is 2. The smallest absolute Gasteiger partial charge is 0.444 e. The summed E-state index contributed by atoms with van der Waals surface area (Å²) in [4.78, 5) is 29.2. The van der Waals surface area contributed by atoms with E-state index >= 15 is 0 Å².